The van der Waals surface area contributed by atoms with Crippen molar-refractivity contribution in [3.05, 3.63) is 31.0 Å². The lowest BCUT2D eigenvalue weighted by Crippen LogP contribution is -1.98. The Labute approximate surface area is 80.1 Å². The molecule has 2 aromatic heterocycles. The molecule has 2 aromatic rings. The van der Waals surface area contributed by atoms with E-state index in [1.807, 2.05) is 18.5 Å². The Morgan fingerprint density at radius 2 is 2.31 bits per heavy atom. The first-order chi connectivity index (χ1) is 6.40. The molecule has 0 spiro atoms. The summed E-state index contributed by atoms with van der Waals surface area (Å²) in [6.45, 7) is 0. The molecule has 0 N–H and O–H groups in total. The molecule has 0 aliphatic heterocycles. The zero-order chi connectivity index (χ0) is 9.10. The number of nitrogens with zero attached hydrogens (tertiary/aromatic N) is 4. The Balaban J connectivity index is 2.41. The molecule has 0 fully saturated rings. The molecule has 0 aliphatic rings. The molecule has 0 atom stereocenters. The van der Waals surface area contributed by atoms with Crippen LogP contribution in [0, 0.1) is 0 Å². The van der Waals surface area contributed by atoms with E-state index in [1.165, 1.54) is 0 Å². The normalized spacial score (nSPS) is 10.2. The molecule has 0 bridgehead atoms. The van der Waals surface area contributed by atoms with E-state index in [-0.39, 0.29) is 0 Å². The SMILES string of the molecule is CSc1ccnc(-n2ccnc2)n1. The maximum absolute atomic E-state index is 4.31. The van der Waals surface area contributed by atoms with Crippen molar-refractivity contribution < 1.29 is 0 Å². The number of hydrogen-bond acceptors (Lipinski definition) is 4. The summed E-state index contributed by atoms with van der Waals surface area (Å²) in [5.74, 6) is 0.657. The molecule has 66 valence electrons. The number of imidazole rings is 1. The largest absolute Gasteiger partial charge is 0.274 e. The van der Waals surface area contributed by atoms with E-state index in [0.29, 0.717) is 5.95 Å². The standard InChI is InChI=1S/C8H8N4S/c1-13-7-2-3-10-8(11-7)12-5-4-9-6-12/h2-6H,1H3. The Morgan fingerprint density at radius 1 is 1.38 bits per heavy atom. The Hall–Kier alpha value is -1.36. The highest BCUT2D eigenvalue weighted by Gasteiger charge is 1.99. The molecule has 0 amide bonds. The fourth-order valence-corrected chi connectivity index (χ4v) is 1.32. The van der Waals surface area contributed by atoms with Gasteiger partial charge in [0.05, 0.1) is 0 Å². The summed E-state index contributed by atoms with van der Waals surface area (Å²) >= 11 is 1.60. The second kappa shape index (κ2) is 3.57. The number of rotatable bonds is 2. The summed E-state index contributed by atoms with van der Waals surface area (Å²) in [5.41, 5.74) is 0. The van der Waals surface area contributed by atoms with Crippen LogP contribution >= 0.6 is 11.8 Å². The number of hydrogen-bond donors (Lipinski definition) is 0. The van der Waals surface area contributed by atoms with Gasteiger partial charge in [-0.2, -0.15) is 0 Å². The predicted octanol–water partition coefficient (Wildman–Crippen LogP) is 1.38. The Morgan fingerprint density at radius 3 is 3.00 bits per heavy atom. The quantitative estimate of drug-likeness (QED) is 0.532. The topological polar surface area (TPSA) is 43.6 Å². The molecule has 0 unspecified atom stereocenters. The summed E-state index contributed by atoms with van der Waals surface area (Å²) in [4.78, 5) is 12.4. The molecule has 0 aromatic carbocycles. The second-order valence-corrected chi connectivity index (χ2v) is 3.20. The average molecular weight is 192 g/mol. The van der Waals surface area contributed by atoms with Gasteiger partial charge >= 0.3 is 0 Å². The van der Waals surface area contributed by atoms with Gasteiger partial charge in [-0.15, -0.1) is 11.8 Å². The van der Waals surface area contributed by atoms with Crippen LogP contribution in [0.15, 0.2) is 36.0 Å². The minimum atomic E-state index is 0.657. The molecule has 2 rings (SSSR count). The van der Waals surface area contributed by atoms with Gasteiger partial charge in [0.1, 0.15) is 11.4 Å². The minimum Gasteiger partial charge on any atom is -0.274 e. The van der Waals surface area contributed by atoms with Crippen molar-refractivity contribution in [2.45, 2.75) is 5.03 Å². The fraction of sp³-hybridized carbons (Fsp3) is 0.125. The van der Waals surface area contributed by atoms with E-state index >= 15 is 0 Å². The van der Waals surface area contributed by atoms with E-state index in [1.54, 1.807) is 35.0 Å². The summed E-state index contributed by atoms with van der Waals surface area (Å²) < 4.78 is 1.78. The van der Waals surface area contributed by atoms with Crippen LogP contribution in [0.5, 0.6) is 0 Å². The summed E-state index contributed by atoms with van der Waals surface area (Å²) in [7, 11) is 0. The molecule has 0 radical (unpaired) electrons. The smallest absolute Gasteiger partial charge is 0.235 e. The molecular formula is C8H8N4S. The Bertz CT molecular complexity index is 385. The van der Waals surface area contributed by atoms with Crippen molar-refractivity contribution in [2.75, 3.05) is 6.26 Å². The van der Waals surface area contributed by atoms with Gasteiger partial charge in [0.25, 0.3) is 0 Å². The molecule has 13 heavy (non-hydrogen) atoms. The summed E-state index contributed by atoms with van der Waals surface area (Å²) in [6.07, 6.45) is 8.93. The highest BCUT2D eigenvalue weighted by Crippen LogP contribution is 2.11. The van der Waals surface area contributed by atoms with Gasteiger partial charge in [0, 0.05) is 18.6 Å². The van der Waals surface area contributed by atoms with Crippen LogP contribution in [0.4, 0.5) is 0 Å². The van der Waals surface area contributed by atoms with Crippen molar-refractivity contribution >= 4 is 11.8 Å². The zero-order valence-corrected chi connectivity index (χ0v) is 7.90. The van der Waals surface area contributed by atoms with Gasteiger partial charge in [0.2, 0.25) is 5.95 Å². The van der Waals surface area contributed by atoms with Crippen molar-refractivity contribution in [1.29, 1.82) is 0 Å². The number of aromatic nitrogens is 4. The summed E-state index contributed by atoms with van der Waals surface area (Å²) in [5, 5.41) is 0.957. The van der Waals surface area contributed by atoms with Crippen LogP contribution in [-0.4, -0.2) is 25.8 Å². The number of thioether (sulfide) groups is 1. The highest BCUT2D eigenvalue weighted by molar-refractivity contribution is 7.98. The van der Waals surface area contributed by atoms with Crippen LogP contribution in [0.3, 0.4) is 0 Å². The van der Waals surface area contributed by atoms with E-state index in [9.17, 15) is 0 Å². The summed E-state index contributed by atoms with van der Waals surface area (Å²) in [6, 6.07) is 1.88. The maximum atomic E-state index is 4.31. The fourth-order valence-electron chi connectivity index (χ4n) is 0.948. The monoisotopic (exact) mass is 192 g/mol. The molecule has 4 nitrogen and oxygen atoms in total. The molecule has 5 heteroatoms. The van der Waals surface area contributed by atoms with E-state index in [4.69, 9.17) is 0 Å². The molecule has 2 heterocycles. The van der Waals surface area contributed by atoms with Crippen LogP contribution in [0.2, 0.25) is 0 Å². The van der Waals surface area contributed by atoms with Crippen LogP contribution in [0.1, 0.15) is 0 Å². The minimum absolute atomic E-state index is 0.657. The van der Waals surface area contributed by atoms with Gasteiger partial charge in [-0.1, -0.05) is 0 Å². The molecule has 0 aliphatic carbocycles. The van der Waals surface area contributed by atoms with E-state index in [0.717, 1.165) is 5.03 Å². The van der Waals surface area contributed by atoms with Gasteiger partial charge in [-0.3, -0.25) is 4.57 Å². The molecule has 0 saturated heterocycles. The first kappa shape index (κ1) is 8.25. The van der Waals surface area contributed by atoms with E-state index in [2.05, 4.69) is 15.0 Å². The third-order valence-corrected chi connectivity index (χ3v) is 2.21. The third-order valence-electron chi connectivity index (χ3n) is 1.56. The third kappa shape index (κ3) is 1.70. The van der Waals surface area contributed by atoms with Crippen molar-refractivity contribution in [1.82, 2.24) is 19.5 Å². The highest BCUT2D eigenvalue weighted by atomic mass is 32.2. The lowest BCUT2D eigenvalue weighted by Gasteiger charge is -2.00. The predicted molar refractivity (Wildman–Crippen MR) is 50.9 cm³/mol. The lowest BCUT2D eigenvalue weighted by atomic mass is 10.6. The first-order valence-electron chi connectivity index (χ1n) is 3.75. The van der Waals surface area contributed by atoms with E-state index < -0.39 is 0 Å². The van der Waals surface area contributed by atoms with Crippen molar-refractivity contribution in [3.63, 3.8) is 0 Å². The first-order valence-corrected chi connectivity index (χ1v) is 4.98. The molecule has 0 saturated carbocycles. The van der Waals surface area contributed by atoms with Gasteiger partial charge in [-0.05, 0) is 12.3 Å². The second-order valence-electron chi connectivity index (χ2n) is 2.37. The van der Waals surface area contributed by atoms with Gasteiger partial charge in [0.15, 0.2) is 0 Å². The lowest BCUT2D eigenvalue weighted by molar-refractivity contribution is 0.887. The van der Waals surface area contributed by atoms with Crippen molar-refractivity contribution in [2.24, 2.45) is 0 Å². The molecular weight excluding hydrogens is 184 g/mol. The average Bonchev–Trinajstić information content (AvgIpc) is 2.71. The van der Waals surface area contributed by atoms with Crippen LogP contribution < -0.4 is 0 Å². The zero-order valence-electron chi connectivity index (χ0n) is 7.08. The van der Waals surface area contributed by atoms with Gasteiger partial charge < -0.3 is 0 Å². The van der Waals surface area contributed by atoms with Gasteiger partial charge in [-0.25, -0.2) is 15.0 Å². The Kier molecular flexibility index (Phi) is 2.27. The van der Waals surface area contributed by atoms with Crippen LogP contribution in [0.25, 0.3) is 5.95 Å². The van der Waals surface area contributed by atoms with Crippen LogP contribution in [-0.2, 0) is 0 Å². The maximum Gasteiger partial charge on any atom is 0.235 e. The van der Waals surface area contributed by atoms with Crippen molar-refractivity contribution in [3.8, 4) is 5.95 Å².